The van der Waals surface area contributed by atoms with E-state index in [9.17, 15) is 9.59 Å². The van der Waals surface area contributed by atoms with Crippen molar-refractivity contribution < 1.29 is 19.1 Å². The van der Waals surface area contributed by atoms with E-state index < -0.39 is 0 Å². The molecule has 1 heterocycles. The Bertz CT molecular complexity index is 977. The number of thiophene rings is 1. The summed E-state index contributed by atoms with van der Waals surface area (Å²) >= 11 is 1.37. The van der Waals surface area contributed by atoms with Gasteiger partial charge in [0, 0.05) is 23.0 Å². The molecular weight excluding hydrogens is 376 g/mol. The highest BCUT2D eigenvalue weighted by Gasteiger charge is 2.13. The molecule has 0 atom stereocenters. The number of carbonyl (C=O) groups excluding carboxylic acids is 2. The van der Waals surface area contributed by atoms with Crippen LogP contribution < -0.4 is 20.1 Å². The summed E-state index contributed by atoms with van der Waals surface area (Å²) in [5.41, 5.74) is 2.49. The van der Waals surface area contributed by atoms with Gasteiger partial charge in [-0.15, -0.1) is 11.3 Å². The standard InChI is InChI=1S/C21H20N2O4S/c1-13-6-7-15(22-21(25)19-5-4-8-28-19)11-18(13)23-20(24)14-9-16(26-2)12-17(10-14)27-3/h4-12H,1-3H3,(H,22,25)(H,23,24). The average Bonchev–Trinajstić information content (AvgIpc) is 3.25. The minimum Gasteiger partial charge on any atom is -0.497 e. The molecule has 2 amide bonds. The Morgan fingerprint density at radius 2 is 1.61 bits per heavy atom. The summed E-state index contributed by atoms with van der Waals surface area (Å²) < 4.78 is 10.4. The molecule has 0 aliphatic heterocycles. The van der Waals surface area contributed by atoms with Gasteiger partial charge in [-0.1, -0.05) is 12.1 Å². The van der Waals surface area contributed by atoms with Crippen molar-refractivity contribution in [1.82, 2.24) is 0 Å². The maximum atomic E-state index is 12.7. The van der Waals surface area contributed by atoms with Crippen LogP contribution in [0.25, 0.3) is 0 Å². The molecule has 3 aromatic rings. The van der Waals surface area contributed by atoms with E-state index in [2.05, 4.69) is 10.6 Å². The molecule has 0 aliphatic carbocycles. The zero-order valence-electron chi connectivity index (χ0n) is 15.7. The maximum absolute atomic E-state index is 12.7. The van der Waals surface area contributed by atoms with Crippen LogP contribution in [0.5, 0.6) is 11.5 Å². The molecule has 0 unspecified atom stereocenters. The zero-order chi connectivity index (χ0) is 20.1. The lowest BCUT2D eigenvalue weighted by molar-refractivity contribution is 0.102. The molecule has 1 aromatic heterocycles. The second kappa shape index (κ2) is 8.58. The third-order valence-electron chi connectivity index (χ3n) is 4.10. The van der Waals surface area contributed by atoms with Gasteiger partial charge in [-0.25, -0.2) is 0 Å². The van der Waals surface area contributed by atoms with Crippen LogP contribution in [0.4, 0.5) is 11.4 Å². The Balaban J connectivity index is 1.80. The van der Waals surface area contributed by atoms with Crippen LogP contribution in [-0.4, -0.2) is 26.0 Å². The summed E-state index contributed by atoms with van der Waals surface area (Å²) in [4.78, 5) is 25.6. The number of hydrogen-bond donors (Lipinski definition) is 2. The van der Waals surface area contributed by atoms with E-state index in [1.807, 2.05) is 24.4 Å². The van der Waals surface area contributed by atoms with Crippen molar-refractivity contribution in [2.75, 3.05) is 24.9 Å². The van der Waals surface area contributed by atoms with E-state index in [0.29, 0.717) is 33.3 Å². The lowest BCUT2D eigenvalue weighted by atomic mass is 10.1. The maximum Gasteiger partial charge on any atom is 0.265 e. The van der Waals surface area contributed by atoms with Crippen molar-refractivity contribution in [2.45, 2.75) is 6.92 Å². The Morgan fingerprint density at radius 3 is 2.21 bits per heavy atom. The Morgan fingerprint density at radius 1 is 0.893 bits per heavy atom. The van der Waals surface area contributed by atoms with Crippen LogP contribution in [-0.2, 0) is 0 Å². The number of amides is 2. The second-order valence-corrected chi connectivity index (χ2v) is 6.96. The number of anilines is 2. The minimum absolute atomic E-state index is 0.186. The highest BCUT2D eigenvalue weighted by atomic mass is 32.1. The topological polar surface area (TPSA) is 76.7 Å². The Hall–Kier alpha value is -3.32. The first kappa shape index (κ1) is 19.4. The third kappa shape index (κ3) is 4.50. The SMILES string of the molecule is COc1cc(OC)cc(C(=O)Nc2cc(NC(=O)c3cccs3)ccc2C)c1. The predicted molar refractivity (Wildman–Crippen MR) is 111 cm³/mol. The molecule has 3 rings (SSSR count). The highest BCUT2D eigenvalue weighted by molar-refractivity contribution is 7.12. The fourth-order valence-electron chi connectivity index (χ4n) is 2.57. The van der Waals surface area contributed by atoms with Gasteiger partial charge in [-0.05, 0) is 48.2 Å². The van der Waals surface area contributed by atoms with Crippen LogP contribution >= 0.6 is 11.3 Å². The predicted octanol–water partition coefficient (Wildman–Crippen LogP) is 4.58. The number of methoxy groups -OCH3 is 2. The fourth-order valence-corrected chi connectivity index (χ4v) is 3.19. The third-order valence-corrected chi connectivity index (χ3v) is 4.97. The van der Waals surface area contributed by atoms with E-state index in [4.69, 9.17) is 9.47 Å². The molecule has 0 radical (unpaired) electrons. The largest absolute Gasteiger partial charge is 0.497 e. The van der Waals surface area contributed by atoms with Crippen molar-refractivity contribution >= 4 is 34.5 Å². The molecule has 0 bridgehead atoms. The molecule has 2 N–H and O–H groups in total. The summed E-state index contributed by atoms with van der Waals surface area (Å²) in [6, 6.07) is 13.9. The molecule has 2 aromatic carbocycles. The number of aryl methyl sites for hydroxylation is 1. The minimum atomic E-state index is -0.304. The molecule has 144 valence electrons. The van der Waals surface area contributed by atoms with Crippen LogP contribution in [0.3, 0.4) is 0 Å². The quantitative estimate of drug-likeness (QED) is 0.639. The molecule has 0 spiro atoms. The van der Waals surface area contributed by atoms with Gasteiger partial charge in [-0.3, -0.25) is 9.59 Å². The van der Waals surface area contributed by atoms with Gasteiger partial charge in [0.15, 0.2) is 0 Å². The van der Waals surface area contributed by atoms with Crippen LogP contribution in [0.2, 0.25) is 0 Å². The molecule has 0 saturated carbocycles. The highest BCUT2D eigenvalue weighted by Crippen LogP contribution is 2.25. The molecule has 6 nitrogen and oxygen atoms in total. The first-order chi connectivity index (χ1) is 13.5. The monoisotopic (exact) mass is 396 g/mol. The van der Waals surface area contributed by atoms with Crippen molar-refractivity contribution in [3.05, 3.63) is 69.9 Å². The number of ether oxygens (including phenoxy) is 2. The van der Waals surface area contributed by atoms with Gasteiger partial charge in [0.05, 0.1) is 19.1 Å². The zero-order valence-corrected chi connectivity index (χ0v) is 16.6. The number of benzene rings is 2. The number of rotatable bonds is 6. The van der Waals surface area contributed by atoms with Gasteiger partial charge >= 0.3 is 0 Å². The lowest BCUT2D eigenvalue weighted by Crippen LogP contribution is -2.14. The van der Waals surface area contributed by atoms with Crippen molar-refractivity contribution in [1.29, 1.82) is 0 Å². The number of hydrogen-bond acceptors (Lipinski definition) is 5. The van der Waals surface area contributed by atoms with E-state index in [0.717, 1.165) is 5.56 Å². The lowest BCUT2D eigenvalue weighted by Gasteiger charge is -2.13. The van der Waals surface area contributed by atoms with Gasteiger partial charge in [-0.2, -0.15) is 0 Å². The van der Waals surface area contributed by atoms with Gasteiger partial charge in [0.1, 0.15) is 11.5 Å². The van der Waals surface area contributed by atoms with Gasteiger partial charge in [0.2, 0.25) is 0 Å². The molecule has 0 fully saturated rings. The van der Waals surface area contributed by atoms with E-state index in [1.54, 1.807) is 36.4 Å². The summed E-state index contributed by atoms with van der Waals surface area (Å²) in [5.74, 6) is 0.562. The first-order valence-electron chi connectivity index (χ1n) is 8.50. The van der Waals surface area contributed by atoms with Crippen molar-refractivity contribution in [3.8, 4) is 11.5 Å². The summed E-state index contributed by atoms with van der Waals surface area (Å²) in [6.45, 7) is 1.88. The molecule has 7 heteroatoms. The first-order valence-corrected chi connectivity index (χ1v) is 9.38. The second-order valence-electron chi connectivity index (χ2n) is 6.02. The van der Waals surface area contributed by atoms with Crippen LogP contribution in [0, 0.1) is 6.92 Å². The number of carbonyl (C=O) groups is 2. The molecule has 0 saturated heterocycles. The average molecular weight is 396 g/mol. The normalized spacial score (nSPS) is 10.2. The Kier molecular flexibility index (Phi) is 5.96. The summed E-state index contributed by atoms with van der Waals surface area (Å²) in [7, 11) is 3.06. The van der Waals surface area contributed by atoms with Crippen LogP contribution in [0.1, 0.15) is 25.6 Å². The molecular formula is C21H20N2O4S. The van der Waals surface area contributed by atoms with Gasteiger partial charge < -0.3 is 20.1 Å². The fraction of sp³-hybridized carbons (Fsp3) is 0.143. The van der Waals surface area contributed by atoms with Crippen LogP contribution in [0.15, 0.2) is 53.9 Å². The van der Waals surface area contributed by atoms with E-state index >= 15 is 0 Å². The summed E-state index contributed by atoms with van der Waals surface area (Å²) in [6.07, 6.45) is 0. The smallest absolute Gasteiger partial charge is 0.265 e. The number of nitrogens with one attached hydrogen (secondary N) is 2. The van der Waals surface area contributed by atoms with Crippen molar-refractivity contribution in [2.24, 2.45) is 0 Å². The summed E-state index contributed by atoms with van der Waals surface area (Å²) in [5, 5.41) is 7.57. The molecule has 0 aliphatic rings. The van der Waals surface area contributed by atoms with E-state index in [-0.39, 0.29) is 11.8 Å². The Labute approximate surface area is 167 Å². The van der Waals surface area contributed by atoms with E-state index in [1.165, 1.54) is 25.6 Å². The van der Waals surface area contributed by atoms with Crippen molar-refractivity contribution in [3.63, 3.8) is 0 Å². The van der Waals surface area contributed by atoms with Gasteiger partial charge in [0.25, 0.3) is 11.8 Å². The molecule has 28 heavy (non-hydrogen) atoms.